The summed E-state index contributed by atoms with van der Waals surface area (Å²) in [7, 11) is 0. The van der Waals surface area contributed by atoms with Crippen LogP contribution in [0.25, 0.3) is 10.8 Å². The molecule has 0 aliphatic rings. The minimum Gasteiger partial charge on any atom is -0.465 e. The summed E-state index contributed by atoms with van der Waals surface area (Å²) < 4.78 is 8.32. The average molecular weight is 366 g/mol. The van der Waals surface area contributed by atoms with Crippen LogP contribution in [0.5, 0.6) is 0 Å². The van der Waals surface area contributed by atoms with Gasteiger partial charge in [-0.1, -0.05) is 42.5 Å². The first kappa shape index (κ1) is 18.3. The number of carbonyl (C=O) groups excluding carboxylic acids is 1. The Balaban J connectivity index is 1.65. The van der Waals surface area contributed by atoms with Crippen LogP contribution in [0.15, 0.2) is 71.6 Å². The summed E-state index contributed by atoms with van der Waals surface area (Å²) in [6.45, 7) is 3.06. The quantitative estimate of drug-likeness (QED) is 0.450. The van der Waals surface area contributed by atoms with E-state index >= 15 is 0 Å². The number of rotatable bonds is 8. The predicted octanol–water partition coefficient (Wildman–Crippen LogP) is 4.61. The van der Waals surface area contributed by atoms with Gasteiger partial charge in [-0.05, 0) is 59.5 Å². The Bertz CT molecular complexity index is 868. The highest BCUT2D eigenvalue weighted by Crippen LogP contribution is 2.26. The second-order valence-electron chi connectivity index (χ2n) is 5.78. The molecule has 0 spiro atoms. The molecule has 26 heavy (non-hydrogen) atoms. The lowest BCUT2D eigenvalue weighted by atomic mass is 10.0. The largest absolute Gasteiger partial charge is 0.465 e. The van der Waals surface area contributed by atoms with Crippen LogP contribution in [0.4, 0.5) is 5.69 Å². The normalized spacial score (nSPS) is 10.7. The van der Waals surface area contributed by atoms with Gasteiger partial charge in [-0.15, -0.1) is 0 Å². The zero-order chi connectivity index (χ0) is 18.2. The molecule has 0 aromatic heterocycles. The molecular weight excluding hydrogens is 344 g/mol. The van der Waals surface area contributed by atoms with Crippen LogP contribution < -0.4 is 10.0 Å². The molecule has 3 aromatic rings. The monoisotopic (exact) mass is 366 g/mol. The van der Waals surface area contributed by atoms with Gasteiger partial charge in [0, 0.05) is 17.1 Å². The van der Waals surface area contributed by atoms with Crippen molar-refractivity contribution in [1.29, 1.82) is 0 Å². The molecule has 5 heteroatoms. The lowest BCUT2D eigenvalue weighted by molar-refractivity contribution is -0.142. The first-order valence-electron chi connectivity index (χ1n) is 8.62. The topological polar surface area (TPSA) is 50.4 Å². The third-order valence-electron chi connectivity index (χ3n) is 3.89. The number of hydrogen-bond donors (Lipinski definition) is 2. The van der Waals surface area contributed by atoms with Gasteiger partial charge in [-0.3, -0.25) is 4.79 Å². The highest BCUT2D eigenvalue weighted by atomic mass is 32.2. The van der Waals surface area contributed by atoms with E-state index in [9.17, 15) is 4.79 Å². The zero-order valence-corrected chi connectivity index (χ0v) is 15.5. The number of hydrogen-bond acceptors (Lipinski definition) is 5. The highest BCUT2D eigenvalue weighted by Gasteiger charge is 2.05. The zero-order valence-electron chi connectivity index (χ0n) is 14.7. The number of esters is 1. The SMILES string of the molecule is CCOC(=O)CNCc1cccc2cc(NSc3ccccc3)ccc12. The molecule has 0 radical (unpaired) electrons. The number of benzene rings is 3. The Hall–Kier alpha value is -2.50. The molecule has 0 saturated carbocycles. The van der Waals surface area contributed by atoms with Gasteiger partial charge < -0.3 is 14.8 Å². The van der Waals surface area contributed by atoms with E-state index in [0.29, 0.717) is 13.2 Å². The van der Waals surface area contributed by atoms with E-state index in [2.05, 4.69) is 52.5 Å². The molecule has 0 fully saturated rings. The third-order valence-corrected chi connectivity index (χ3v) is 4.74. The third kappa shape index (κ3) is 5.00. The Morgan fingerprint density at radius 1 is 1.04 bits per heavy atom. The standard InChI is InChI=1S/C21H22N2O2S/c1-2-25-21(24)15-22-14-17-8-6-7-16-13-18(11-12-20(16)17)23-26-19-9-4-3-5-10-19/h3-13,22-23H,2,14-15H2,1H3. The van der Waals surface area contributed by atoms with Gasteiger partial charge in [0.1, 0.15) is 0 Å². The number of carbonyl (C=O) groups is 1. The smallest absolute Gasteiger partial charge is 0.319 e. The van der Waals surface area contributed by atoms with Crippen molar-refractivity contribution in [2.45, 2.75) is 18.4 Å². The summed E-state index contributed by atoms with van der Waals surface area (Å²) in [4.78, 5) is 12.6. The fraction of sp³-hybridized carbons (Fsp3) is 0.190. The van der Waals surface area contributed by atoms with Gasteiger partial charge in [-0.2, -0.15) is 0 Å². The summed E-state index contributed by atoms with van der Waals surface area (Å²) in [5.41, 5.74) is 2.22. The highest BCUT2D eigenvalue weighted by molar-refractivity contribution is 8.00. The van der Waals surface area contributed by atoms with Gasteiger partial charge in [0.15, 0.2) is 0 Å². The van der Waals surface area contributed by atoms with E-state index < -0.39 is 0 Å². The second kappa shape index (κ2) is 9.27. The van der Waals surface area contributed by atoms with Crippen LogP contribution in [0.1, 0.15) is 12.5 Å². The molecule has 134 valence electrons. The van der Waals surface area contributed by atoms with Crippen molar-refractivity contribution in [1.82, 2.24) is 5.32 Å². The number of anilines is 1. The molecule has 0 aliphatic carbocycles. The van der Waals surface area contributed by atoms with E-state index in [4.69, 9.17) is 4.74 Å². The van der Waals surface area contributed by atoms with E-state index in [1.807, 2.05) is 31.2 Å². The number of fused-ring (bicyclic) bond motifs is 1. The second-order valence-corrected chi connectivity index (χ2v) is 6.66. The molecule has 3 rings (SSSR count). The lowest BCUT2D eigenvalue weighted by Crippen LogP contribution is -2.24. The van der Waals surface area contributed by atoms with Crippen LogP contribution >= 0.6 is 11.9 Å². The maximum absolute atomic E-state index is 11.4. The summed E-state index contributed by atoms with van der Waals surface area (Å²) in [6.07, 6.45) is 0. The molecule has 2 N–H and O–H groups in total. The van der Waals surface area contributed by atoms with E-state index in [-0.39, 0.29) is 12.5 Å². The van der Waals surface area contributed by atoms with Crippen LogP contribution in [0.2, 0.25) is 0 Å². The Kier molecular flexibility index (Phi) is 6.52. The van der Waals surface area contributed by atoms with Gasteiger partial charge in [-0.25, -0.2) is 0 Å². The van der Waals surface area contributed by atoms with Crippen molar-refractivity contribution in [2.75, 3.05) is 17.9 Å². The molecule has 0 saturated heterocycles. The van der Waals surface area contributed by atoms with E-state index in [0.717, 1.165) is 11.3 Å². The van der Waals surface area contributed by atoms with E-state index in [1.165, 1.54) is 15.7 Å². The number of ether oxygens (including phenoxy) is 1. The summed E-state index contributed by atoms with van der Waals surface area (Å²) in [5.74, 6) is -0.225. The van der Waals surface area contributed by atoms with Crippen LogP contribution in [0, 0.1) is 0 Å². The Morgan fingerprint density at radius 2 is 1.88 bits per heavy atom. The molecule has 0 unspecified atom stereocenters. The molecule has 4 nitrogen and oxygen atoms in total. The van der Waals surface area contributed by atoms with Crippen molar-refractivity contribution in [3.05, 3.63) is 72.3 Å². The molecule has 0 heterocycles. The van der Waals surface area contributed by atoms with Crippen molar-refractivity contribution in [3.8, 4) is 0 Å². The first-order valence-corrected chi connectivity index (χ1v) is 9.44. The van der Waals surface area contributed by atoms with Crippen LogP contribution in [0.3, 0.4) is 0 Å². The molecular formula is C21H22N2O2S. The Morgan fingerprint density at radius 3 is 2.69 bits per heavy atom. The molecule has 0 amide bonds. The summed E-state index contributed by atoms with van der Waals surface area (Å²) in [5, 5.41) is 5.49. The Labute approximate surface area is 158 Å². The minimum atomic E-state index is -0.225. The van der Waals surface area contributed by atoms with Crippen LogP contribution in [-0.4, -0.2) is 19.1 Å². The first-order chi connectivity index (χ1) is 12.8. The van der Waals surface area contributed by atoms with E-state index in [1.54, 1.807) is 11.9 Å². The van der Waals surface area contributed by atoms with Crippen molar-refractivity contribution < 1.29 is 9.53 Å². The van der Waals surface area contributed by atoms with Gasteiger partial charge in [0.2, 0.25) is 0 Å². The van der Waals surface area contributed by atoms with Crippen molar-refractivity contribution in [2.24, 2.45) is 0 Å². The fourth-order valence-electron chi connectivity index (χ4n) is 2.69. The fourth-order valence-corrected chi connectivity index (χ4v) is 3.34. The maximum Gasteiger partial charge on any atom is 0.319 e. The van der Waals surface area contributed by atoms with Crippen molar-refractivity contribution in [3.63, 3.8) is 0 Å². The van der Waals surface area contributed by atoms with Gasteiger partial charge in [0.05, 0.1) is 13.2 Å². The van der Waals surface area contributed by atoms with Crippen molar-refractivity contribution >= 4 is 34.4 Å². The predicted molar refractivity (Wildman–Crippen MR) is 108 cm³/mol. The molecule has 0 atom stereocenters. The minimum absolute atomic E-state index is 0.220. The van der Waals surface area contributed by atoms with Crippen LogP contribution in [-0.2, 0) is 16.1 Å². The van der Waals surface area contributed by atoms with Gasteiger partial charge in [0.25, 0.3) is 0 Å². The maximum atomic E-state index is 11.4. The summed E-state index contributed by atoms with van der Waals surface area (Å²) >= 11 is 1.59. The molecule has 0 bridgehead atoms. The summed E-state index contributed by atoms with van der Waals surface area (Å²) in [6, 6.07) is 22.8. The molecule has 0 aliphatic heterocycles. The number of nitrogens with one attached hydrogen (secondary N) is 2. The lowest BCUT2D eigenvalue weighted by Gasteiger charge is -2.10. The molecule has 3 aromatic carbocycles. The van der Waals surface area contributed by atoms with Gasteiger partial charge >= 0.3 is 5.97 Å². The average Bonchev–Trinajstić information content (AvgIpc) is 2.67.